The Morgan fingerprint density at radius 1 is 1.54 bits per heavy atom. The number of aliphatic hydroxyl groups excluding tert-OH is 1. The fourth-order valence-corrected chi connectivity index (χ4v) is 2.42. The van der Waals surface area contributed by atoms with E-state index in [9.17, 15) is 23.5 Å². The Hall–Kier alpha value is -2.11. The first kappa shape index (κ1) is 20.2. The van der Waals surface area contributed by atoms with E-state index < -0.39 is 54.1 Å². The van der Waals surface area contributed by atoms with Gasteiger partial charge in [-0.3, -0.25) is 9.36 Å². The molecular formula is C15H22F2N4O5. The number of aromatic nitrogens is 2. The number of anilines is 1. The molecule has 1 aromatic heterocycles. The monoisotopic (exact) mass is 376 g/mol. The lowest BCUT2D eigenvalue weighted by atomic mass is 9.87. The van der Waals surface area contributed by atoms with Gasteiger partial charge in [0.1, 0.15) is 18.0 Å². The quantitative estimate of drug-likeness (QED) is 0.605. The topological polar surface area (TPSA) is 143 Å². The number of esters is 1. The highest BCUT2D eigenvalue weighted by Gasteiger charge is 2.62. The molecule has 2 heterocycles. The van der Waals surface area contributed by atoms with Gasteiger partial charge in [0, 0.05) is 6.20 Å². The minimum atomic E-state index is -3.82. The number of nitrogen functional groups attached to an aromatic ring is 1. The van der Waals surface area contributed by atoms with Crippen molar-refractivity contribution in [2.45, 2.75) is 51.2 Å². The van der Waals surface area contributed by atoms with E-state index in [-0.39, 0.29) is 5.82 Å². The van der Waals surface area contributed by atoms with E-state index in [1.807, 2.05) is 0 Å². The predicted molar refractivity (Wildman–Crippen MR) is 86.2 cm³/mol. The Bertz CT molecular complexity index is 733. The average molecular weight is 376 g/mol. The Morgan fingerprint density at radius 3 is 2.65 bits per heavy atom. The smallest absolute Gasteiger partial charge is 0.351 e. The largest absolute Gasteiger partial charge is 0.452 e. The number of carbonyl (C=O) groups is 1. The molecule has 0 aromatic carbocycles. The van der Waals surface area contributed by atoms with Crippen LogP contribution in [0, 0.1) is 5.41 Å². The molecule has 5 N–H and O–H groups in total. The van der Waals surface area contributed by atoms with Crippen LogP contribution in [0.4, 0.5) is 14.6 Å². The van der Waals surface area contributed by atoms with E-state index >= 15 is 0 Å². The third-order valence-corrected chi connectivity index (χ3v) is 4.06. The molecular weight excluding hydrogens is 354 g/mol. The van der Waals surface area contributed by atoms with Gasteiger partial charge >= 0.3 is 17.6 Å². The average Bonchev–Trinajstić information content (AvgIpc) is 2.77. The van der Waals surface area contributed by atoms with Crippen LogP contribution in [0.15, 0.2) is 17.1 Å². The molecule has 9 nitrogen and oxygen atoms in total. The predicted octanol–water partition coefficient (Wildman–Crippen LogP) is -0.364. The molecule has 1 aliphatic heterocycles. The first-order valence-electron chi connectivity index (χ1n) is 7.84. The van der Waals surface area contributed by atoms with E-state index in [0.717, 1.165) is 12.3 Å². The molecule has 1 fully saturated rings. The molecule has 1 aromatic rings. The molecule has 0 radical (unpaired) electrons. The van der Waals surface area contributed by atoms with Gasteiger partial charge in [-0.1, -0.05) is 20.8 Å². The van der Waals surface area contributed by atoms with E-state index in [0.29, 0.717) is 4.57 Å². The molecule has 0 aliphatic carbocycles. The third-order valence-electron chi connectivity index (χ3n) is 4.06. The molecule has 2 rings (SSSR count). The molecule has 146 valence electrons. The van der Waals surface area contributed by atoms with Gasteiger partial charge in [-0.05, 0) is 11.5 Å². The van der Waals surface area contributed by atoms with Crippen molar-refractivity contribution in [2.75, 3.05) is 12.3 Å². The molecule has 0 spiro atoms. The summed E-state index contributed by atoms with van der Waals surface area (Å²) in [5.41, 5.74) is 9.28. The number of nitrogens with two attached hydrogens (primary N) is 2. The summed E-state index contributed by atoms with van der Waals surface area (Å²) in [4.78, 5) is 27.3. The fourth-order valence-electron chi connectivity index (χ4n) is 2.42. The summed E-state index contributed by atoms with van der Waals surface area (Å²) >= 11 is 0. The lowest BCUT2D eigenvalue weighted by Crippen LogP contribution is -2.50. The number of hydrogen-bond acceptors (Lipinski definition) is 8. The van der Waals surface area contributed by atoms with Gasteiger partial charge in [-0.2, -0.15) is 13.8 Å². The number of carbonyl (C=O) groups excluding carboxylic acids is 1. The fraction of sp³-hybridized carbons (Fsp3) is 0.667. The van der Waals surface area contributed by atoms with Crippen LogP contribution in [-0.4, -0.2) is 51.4 Å². The second kappa shape index (κ2) is 6.89. The van der Waals surface area contributed by atoms with Crippen LogP contribution in [0.2, 0.25) is 0 Å². The summed E-state index contributed by atoms with van der Waals surface area (Å²) in [7, 11) is 0. The number of rotatable bonds is 4. The van der Waals surface area contributed by atoms with Gasteiger partial charge in [0.25, 0.3) is 0 Å². The Morgan fingerprint density at radius 2 is 2.15 bits per heavy atom. The van der Waals surface area contributed by atoms with Crippen molar-refractivity contribution < 1.29 is 28.2 Å². The molecule has 0 unspecified atom stereocenters. The second-order valence-corrected chi connectivity index (χ2v) is 7.13. The SMILES string of the molecule is CC(C)(C)[C@H](N)C(=O)O[C@@H]1[C@@H](CO)O[C@@H](n2ccc(N)nc2=O)C1(F)F. The molecule has 26 heavy (non-hydrogen) atoms. The van der Waals surface area contributed by atoms with Gasteiger partial charge in [0.15, 0.2) is 6.10 Å². The number of aliphatic hydroxyl groups is 1. The second-order valence-electron chi connectivity index (χ2n) is 7.13. The van der Waals surface area contributed by atoms with Crippen molar-refractivity contribution in [3.05, 3.63) is 22.7 Å². The van der Waals surface area contributed by atoms with Crippen molar-refractivity contribution in [3.8, 4) is 0 Å². The Labute approximate surface area is 147 Å². The summed E-state index contributed by atoms with van der Waals surface area (Å²) in [5.74, 6) is -5.03. The minimum absolute atomic E-state index is 0.148. The number of halogens is 2. The number of nitrogens with zero attached hydrogens (tertiary/aromatic N) is 2. The lowest BCUT2D eigenvalue weighted by molar-refractivity contribution is -0.179. The van der Waals surface area contributed by atoms with Gasteiger partial charge in [0.2, 0.25) is 6.23 Å². The molecule has 0 saturated carbocycles. The van der Waals surface area contributed by atoms with Gasteiger partial charge in [-0.25, -0.2) is 4.79 Å². The maximum Gasteiger partial charge on any atom is 0.351 e. The van der Waals surface area contributed by atoms with Gasteiger partial charge in [0.05, 0.1) is 6.61 Å². The lowest BCUT2D eigenvalue weighted by Gasteiger charge is -2.29. The van der Waals surface area contributed by atoms with Crippen LogP contribution in [0.25, 0.3) is 0 Å². The molecule has 4 atom stereocenters. The maximum absolute atomic E-state index is 14.8. The zero-order valence-corrected chi connectivity index (χ0v) is 14.6. The normalized spacial score (nSPS) is 26.5. The summed E-state index contributed by atoms with van der Waals surface area (Å²) in [5, 5.41) is 9.35. The summed E-state index contributed by atoms with van der Waals surface area (Å²) in [6.45, 7) is 4.09. The van der Waals surface area contributed by atoms with E-state index in [2.05, 4.69) is 4.98 Å². The van der Waals surface area contributed by atoms with Crippen molar-refractivity contribution in [2.24, 2.45) is 11.1 Å². The van der Waals surface area contributed by atoms with Crippen molar-refractivity contribution >= 4 is 11.8 Å². The van der Waals surface area contributed by atoms with Gasteiger partial charge < -0.3 is 26.0 Å². The highest BCUT2D eigenvalue weighted by Crippen LogP contribution is 2.44. The first-order chi connectivity index (χ1) is 11.9. The first-order valence-corrected chi connectivity index (χ1v) is 7.84. The third kappa shape index (κ3) is 3.69. The van der Waals surface area contributed by atoms with Crippen molar-refractivity contribution in [3.63, 3.8) is 0 Å². The summed E-state index contributed by atoms with van der Waals surface area (Å²) < 4.78 is 40.1. The number of ether oxygens (including phenoxy) is 2. The Kier molecular flexibility index (Phi) is 5.36. The molecule has 0 bridgehead atoms. The molecule has 1 aliphatic rings. The highest BCUT2D eigenvalue weighted by atomic mass is 19.3. The van der Waals surface area contributed by atoms with Crippen LogP contribution in [0.5, 0.6) is 0 Å². The van der Waals surface area contributed by atoms with Crippen LogP contribution in [-0.2, 0) is 14.3 Å². The zero-order chi connectivity index (χ0) is 19.9. The zero-order valence-electron chi connectivity index (χ0n) is 14.6. The van der Waals surface area contributed by atoms with E-state index in [1.54, 1.807) is 20.8 Å². The maximum atomic E-state index is 14.8. The summed E-state index contributed by atoms with van der Waals surface area (Å²) in [6, 6.07) is -0.0264. The minimum Gasteiger partial charge on any atom is -0.452 e. The number of alkyl halides is 2. The van der Waals surface area contributed by atoms with Crippen LogP contribution < -0.4 is 17.2 Å². The van der Waals surface area contributed by atoms with Crippen molar-refractivity contribution in [1.29, 1.82) is 0 Å². The van der Waals surface area contributed by atoms with Crippen LogP contribution >= 0.6 is 0 Å². The number of hydrogen-bond donors (Lipinski definition) is 3. The highest BCUT2D eigenvalue weighted by molar-refractivity contribution is 5.76. The molecule has 11 heteroatoms. The molecule has 0 amide bonds. The van der Waals surface area contributed by atoms with E-state index in [4.69, 9.17) is 20.9 Å². The van der Waals surface area contributed by atoms with Crippen molar-refractivity contribution in [1.82, 2.24) is 9.55 Å². The Balaban J connectivity index is 2.32. The molecule has 1 saturated heterocycles. The van der Waals surface area contributed by atoms with E-state index in [1.165, 1.54) is 0 Å². The van der Waals surface area contributed by atoms with Gasteiger partial charge in [-0.15, -0.1) is 0 Å². The van der Waals surface area contributed by atoms with Crippen LogP contribution in [0.3, 0.4) is 0 Å². The summed E-state index contributed by atoms with van der Waals surface area (Å²) in [6.07, 6.45) is -4.80. The van der Waals surface area contributed by atoms with Crippen LogP contribution in [0.1, 0.15) is 27.0 Å². The standard InChI is InChI=1S/C15H22F2N4O5/c1-14(2,3)9(19)11(23)26-10-7(6-22)25-12(15(10,16)17)21-5-4-8(18)20-13(21)24/h4-5,7,9-10,12,22H,6,19H2,1-3H3,(H2,18,20,24)/t7-,9-,10-,12-/m1/s1.